The highest BCUT2D eigenvalue weighted by Gasteiger charge is 2.38. The summed E-state index contributed by atoms with van der Waals surface area (Å²) in [6, 6.07) is 8.61. The molecule has 9 heteroatoms. The highest BCUT2D eigenvalue weighted by molar-refractivity contribution is 5.85. The summed E-state index contributed by atoms with van der Waals surface area (Å²) in [7, 11) is 0. The number of para-hydroxylation sites is 1. The fraction of sp³-hybridized carbons (Fsp3) is 0.462. The number of hydrogen-bond donors (Lipinski definition) is 2. The third-order valence-corrected chi connectivity index (χ3v) is 6.25. The molecule has 0 bridgehead atoms. The lowest BCUT2D eigenvalue weighted by molar-refractivity contribution is -0.0378. The van der Waals surface area contributed by atoms with E-state index in [1.54, 1.807) is 4.90 Å². The first-order chi connectivity index (χ1) is 16.5. The van der Waals surface area contributed by atoms with Crippen molar-refractivity contribution in [3.05, 3.63) is 64.9 Å². The molecule has 0 aliphatic carbocycles. The van der Waals surface area contributed by atoms with Crippen LogP contribution in [0, 0.1) is 11.6 Å². The first-order valence-electron chi connectivity index (χ1n) is 11.6. The molecule has 2 N–H and O–H groups in total. The zero-order valence-electron chi connectivity index (χ0n) is 19.7. The molecule has 1 unspecified atom stereocenters. The van der Waals surface area contributed by atoms with Gasteiger partial charge in [0.25, 0.3) is 5.92 Å². The van der Waals surface area contributed by atoms with E-state index in [1.807, 2.05) is 24.3 Å². The van der Waals surface area contributed by atoms with E-state index in [1.165, 1.54) is 13.8 Å². The molecule has 4 nitrogen and oxygen atoms in total. The van der Waals surface area contributed by atoms with Crippen molar-refractivity contribution in [2.75, 3.05) is 26.3 Å². The maximum absolute atomic E-state index is 15.4. The van der Waals surface area contributed by atoms with E-state index in [0.717, 1.165) is 28.6 Å². The fourth-order valence-electron chi connectivity index (χ4n) is 4.78. The molecule has 3 aromatic rings. The number of ether oxygens (including phenoxy) is 1. The van der Waals surface area contributed by atoms with E-state index in [2.05, 4.69) is 4.98 Å². The van der Waals surface area contributed by atoms with Crippen LogP contribution in [-0.4, -0.2) is 52.9 Å². The van der Waals surface area contributed by atoms with Gasteiger partial charge in [0.2, 0.25) is 0 Å². The van der Waals surface area contributed by atoms with Crippen molar-refractivity contribution in [1.29, 1.82) is 0 Å². The minimum Gasteiger partial charge on any atom is -0.493 e. The maximum Gasteiger partial charge on any atom is 0.253 e. The van der Waals surface area contributed by atoms with E-state index < -0.39 is 55.3 Å². The molecule has 0 amide bonds. The van der Waals surface area contributed by atoms with Crippen LogP contribution in [0.25, 0.3) is 10.9 Å². The van der Waals surface area contributed by atoms with Gasteiger partial charge in [0.05, 0.1) is 12.6 Å². The predicted octanol–water partition coefficient (Wildman–Crippen LogP) is 5.93. The van der Waals surface area contributed by atoms with Crippen LogP contribution in [0.4, 0.5) is 22.0 Å². The second-order valence-corrected chi connectivity index (χ2v) is 9.63. The normalized spacial score (nSPS) is 17.1. The molecule has 0 radical (unpaired) electrons. The molecular formula is C26H29F5N2O2. The standard InChI is InChI=1S/C26H29F5N2O2/c1-25(2,29)15-33-10-7-18-17-5-3-4-6-21(17)32-23(18)24(33)22-19(27)13-16(14-20(22)28)35-12-9-26(30,31)8-11-34/h3-6,13-14,24,32,34H,7-12,15H2,1-2H3. The van der Waals surface area contributed by atoms with Crippen LogP contribution in [0.3, 0.4) is 0 Å². The van der Waals surface area contributed by atoms with Crippen LogP contribution in [0.1, 0.15) is 49.6 Å². The quantitative estimate of drug-likeness (QED) is 0.361. The number of benzene rings is 2. The number of aromatic nitrogens is 1. The van der Waals surface area contributed by atoms with Gasteiger partial charge in [-0.15, -0.1) is 0 Å². The fourth-order valence-corrected chi connectivity index (χ4v) is 4.78. The van der Waals surface area contributed by atoms with E-state index in [4.69, 9.17) is 9.84 Å². The maximum atomic E-state index is 15.4. The summed E-state index contributed by atoms with van der Waals surface area (Å²) in [6.07, 6.45) is -0.815. The molecule has 0 saturated heterocycles. The third kappa shape index (κ3) is 5.62. The van der Waals surface area contributed by atoms with Crippen molar-refractivity contribution < 1.29 is 31.8 Å². The van der Waals surface area contributed by atoms with E-state index in [0.29, 0.717) is 18.7 Å². The van der Waals surface area contributed by atoms with Crippen molar-refractivity contribution in [2.24, 2.45) is 0 Å². The summed E-state index contributed by atoms with van der Waals surface area (Å²) in [4.78, 5) is 5.00. The molecule has 0 fully saturated rings. The van der Waals surface area contributed by atoms with Crippen molar-refractivity contribution in [2.45, 2.75) is 50.7 Å². The van der Waals surface area contributed by atoms with Gasteiger partial charge in [-0.05, 0) is 31.9 Å². The van der Waals surface area contributed by atoms with E-state index >= 15 is 8.78 Å². The number of nitrogens with one attached hydrogen (secondary N) is 1. The predicted molar refractivity (Wildman–Crippen MR) is 124 cm³/mol. The van der Waals surface area contributed by atoms with Gasteiger partial charge in [0.1, 0.15) is 23.1 Å². The highest BCUT2D eigenvalue weighted by atomic mass is 19.3. The Morgan fingerprint density at radius 2 is 1.77 bits per heavy atom. The van der Waals surface area contributed by atoms with Crippen LogP contribution < -0.4 is 4.74 Å². The minimum atomic E-state index is -3.14. The van der Waals surface area contributed by atoms with E-state index in [-0.39, 0.29) is 17.9 Å². The third-order valence-electron chi connectivity index (χ3n) is 6.25. The Balaban J connectivity index is 1.69. The smallest absolute Gasteiger partial charge is 0.253 e. The summed E-state index contributed by atoms with van der Waals surface area (Å²) in [5.74, 6) is -5.16. The summed E-state index contributed by atoms with van der Waals surface area (Å²) >= 11 is 0. The summed E-state index contributed by atoms with van der Waals surface area (Å²) in [5.41, 5.74) is 0.520. The van der Waals surface area contributed by atoms with Gasteiger partial charge >= 0.3 is 0 Å². The van der Waals surface area contributed by atoms with Crippen LogP contribution in [0.2, 0.25) is 0 Å². The Morgan fingerprint density at radius 3 is 2.43 bits per heavy atom. The van der Waals surface area contributed by atoms with E-state index in [9.17, 15) is 13.2 Å². The topological polar surface area (TPSA) is 48.5 Å². The number of halogens is 5. The number of fused-ring (bicyclic) bond motifs is 3. The average Bonchev–Trinajstić information content (AvgIpc) is 3.12. The summed E-state index contributed by atoms with van der Waals surface area (Å²) in [5, 5.41) is 9.66. The van der Waals surface area contributed by atoms with Crippen molar-refractivity contribution in [1.82, 2.24) is 9.88 Å². The van der Waals surface area contributed by atoms with Crippen LogP contribution in [0.15, 0.2) is 36.4 Å². The van der Waals surface area contributed by atoms with Crippen molar-refractivity contribution in [3.63, 3.8) is 0 Å². The first-order valence-corrected chi connectivity index (χ1v) is 11.6. The SMILES string of the molecule is CC(C)(F)CN1CCc2c([nH]c3ccccc23)C1c1c(F)cc(OCCC(F)(F)CCO)cc1F. The van der Waals surface area contributed by atoms with Crippen LogP contribution >= 0.6 is 0 Å². The lowest BCUT2D eigenvalue weighted by Gasteiger charge is -2.38. The number of H-pyrrole nitrogens is 1. The molecule has 1 aliphatic heterocycles. The molecular weight excluding hydrogens is 467 g/mol. The molecule has 1 aliphatic rings. The lowest BCUT2D eigenvalue weighted by atomic mass is 9.90. The van der Waals surface area contributed by atoms with Gasteiger partial charge < -0.3 is 14.8 Å². The molecule has 0 saturated carbocycles. The molecule has 1 aromatic heterocycles. The monoisotopic (exact) mass is 496 g/mol. The van der Waals surface area contributed by atoms with Gasteiger partial charge in [0, 0.05) is 66.8 Å². The second kappa shape index (κ2) is 9.78. The van der Waals surface area contributed by atoms with Gasteiger partial charge in [-0.2, -0.15) is 0 Å². The van der Waals surface area contributed by atoms with Gasteiger partial charge in [0.15, 0.2) is 0 Å². The highest BCUT2D eigenvalue weighted by Crippen LogP contribution is 2.41. The van der Waals surface area contributed by atoms with Crippen molar-refractivity contribution in [3.8, 4) is 5.75 Å². The zero-order valence-corrected chi connectivity index (χ0v) is 19.7. The summed E-state index contributed by atoms with van der Waals surface area (Å²) < 4.78 is 77.8. The lowest BCUT2D eigenvalue weighted by Crippen LogP contribution is -2.43. The van der Waals surface area contributed by atoms with Gasteiger partial charge in [-0.25, -0.2) is 22.0 Å². The Morgan fingerprint density at radius 1 is 1.09 bits per heavy atom. The summed E-state index contributed by atoms with van der Waals surface area (Å²) in [6.45, 7) is 2.06. The molecule has 0 spiro atoms. The zero-order chi connectivity index (χ0) is 25.4. The number of hydrogen-bond acceptors (Lipinski definition) is 3. The van der Waals surface area contributed by atoms with Crippen molar-refractivity contribution >= 4 is 10.9 Å². The molecule has 1 atom stereocenters. The average molecular weight is 497 g/mol. The number of aliphatic hydroxyl groups excluding tert-OH is 1. The van der Waals surface area contributed by atoms with Gasteiger partial charge in [-0.1, -0.05) is 18.2 Å². The number of alkyl halides is 3. The Hall–Kier alpha value is -2.65. The Kier molecular flexibility index (Phi) is 7.11. The van der Waals surface area contributed by atoms with Crippen LogP contribution in [-0.2, 0) is 6.42 Å². The molecule has 190 valence electrons. The number of aromatic amines is 1. The Bertz CT molecular complexity index is 1170. The molecule has 2 heterocycles. The molecule has 4 rings (SSSR count). The second-order valence-electron chi connectivity index (χ2n) is 9.63. The largest absolute Gasteiger partial charge is 0.493 e. The number of aliphatic hydroxyl groups is 1. The number of nitrogens with zero attached hydrogens (tertiary/aromatic N) is 1. The number of rotatable bonds is 9. The van der Waals surface area contributed by atoms with Crippen LogP contribution in [0.5, 0.6) is 5.75 Å². The van der Waals surface area contributed by atoms with Gasteiger partial charge in [-0.3, -0.25) is 4.90 Å². The Labute approximate surface area is 200 Å². The molecule has 35 heavy (non-hydrogen) atoms. The first kappa shape index (κ1) is 25.4. The minimum absolute atomic E-state index is 0.0382. The molecule has 2 aromatic carbocycles.